The third kappa shape index (κ3) is 4.07. The van der Waals surface area contributed by atoms with E-state index in [-0.39, 0.29) is 11.7 Å². The average Bonchev–Trinajstić information content (AvgIpc) is 2.28. The van der Waals surface area contributed by atoms with Gasteiger partial charge in [0, 0.05) is 6.42 Å². The molecular formula is C13H19NO2S2. The van der Waals surface area contributed by atoms with Gasteiger partial charge in [-0.25, -0.2) is 8.42 Å². The molecule has 0 amide bonds. The first-order valence-electron chi connectivity index (χ1n) is 5.98. The van der Waals surface area contributed by atoms with Crippen molar-refractivity contribution in [1.29, 1.82) is 0 Å². The summed E-state index contributed by atoms with van der Waals surface area (Å²) in [7, 11) is -3.16. The first-order valence-corrected chi connectivity index (χ1v) is 8.04. The van der Waals surface area contributed by atoms with Crippen LogP contribution in [0.2, 0.25) is 0 Å². The van der Waals surface area contributed by atoms with Crippen LogP contribution in [0.4, 0.5) is 0 Å². The van der Waals surface area contributed by atoms with Crippen LogP contribution in [0, 0.1) is 0 Å². The molecule has 0 aliphatic carbocycles. The van der Waals surface area contributed by atoms with Gasteiger partial charge in [0.1, 0.15) is 0 Å². The van der Waals surface area contributed by atoms with Crippen molar-refractivity contribution in [2.24, 2.45) is 5.73 Å². The summed E-state index contributed by atoms with van der Waals surface area (Å²) in [5.74, 6) is 0.319. The molecule has 0 heterocycles. The zero-order valence-corrected chi connectivity index (χ0v) is 12.4. The minimum Gasteiger partial charge on any atom is -0.393 e. The van der Waals surface area contributed by atoms with Crippen molar-refractivity contribution in [3.8, 4) is 0 Å². The Morgan fingerprint density at radius 1 is 1.44 bits per heavy atom. The van der Waals surface area contributed by atoms with Gasteiger partial charge < -0.3 is 5.73 Å². The van der Waals surface area contributed by atoms with E-state index in [9.17, 15) is 8.42 Å². The molecule has 3 nitrogen and oxygen atoms in total. The fourth-order valence-electron chi connectivity index (χ4n) is 1.82. The van der Waals surface area contributed by atoms with E-state index in [4.69, 9.17) is 18.0 Å². The summed E-state index contributed by atoms with van der Waals surface area (Å²) >= 11 is 4.88. The highest BCUT2D eigenvalue weighted by molar-refractivity contribution is 7.91. The van der Waals surface area contributed by atoms with Crippen molar-refractivity contribution >= 4 is 27.0 Å². The summed E-state index contributed by atoms with van der Waals surface area (Å²) in [4.78, 5) is 0.834. The number of hydrogen-bond acceptors (Lipinski definition) is 3. The third-order valence-corrected chi connectivity index (χ3v) is 4.85. The van der Waals surface area contributed by atoms with Gasteiger partial charge in [-0.2, -0.15) is 0 Å². The molecule has 0 spiro atoms. The second-order valence-corrected chi connectivity index (χ2v) is 7.10. The summed E-state index contributed by atoms with van der Waals surface area (Å²) in [6.07, 6.45) is 1.21. The standard InChI is InChI=1S/C13H19NO2S2/c1-3-7-18(15,16)12-6-4-5-11(9-12)10(2)8-13(14)17/h4-6,9-10H,3,7-8H2,1-2H3,(H2,14,17). The maximum atomic E-state index is 12.0. The Labute approximate surface area is 114 Å². The van der Waals surface area contributed by atoms with Gasteiger partial charge in [0.25, 0.3) is 0 Å². The van der Waals surface area contributed by atoms with Gasteiger partial charge in [-0.1, -0.05) is 38.2 Å². The van der Waals surface area contributed by atoms with Crippen LogP contribution in [0.25, 0.3) is 0 Å². The lowest BCUT2D eigenvalue weighted by atomic mass is 9.98. The topological polar surface area (TPSA) is 60.2 Å². The zero-order chi connectivity index (χ0) is 13.8. The third-order valence-electron chi connectivity index (χ3n) is 2.77. The Balaban J connectivity index is 3.02. The minimum absolute atomic E-state index is 0.138. The lowest BCUT2D eigenvalue weighted by molar-refractivity contribution is 0.594. The average molecular weight is 285 g/mol. The van der Waals surface area contributed by atoms with Crippen LogP contribution in [0.15, 0.2) is 29.2 Å². The summed E-state index contributed by atoms with van der Waals surface area (Å²) in [6.45, 7) is 3.85. The predicted molar refractivity (Wildman–Crippen MR) is 78.6 cm³/mol. The van der Waals surface area contributed by atoms with E-state index in [0.717, 1.165) is 5.56 Å². The first kappa shape index (κ1) is 15.1. The summed E-state index contributed by atoms with van der Waals surface area (Å²) in [5, 5.41) is 0. The van der Waals surface area contributed by atoms with Crippen LogP contribution in [0.3, 0.4) is 0 Å². The van der Waals surface area contributed by atoms with Crippen LogP contribution >= 0.6 is 12.2 Å². The van der Waals surface area contributed by atoms with E-state index in [0.29, 0.717) is 22.7 Å². The number of benzene rings is 1. The van der Waals surface area contributed by atoms with Crippen molar-refractivity contribution in [2.45, 2.75) is 37.5 Å². The first-order chi connectivity index (χ1) is 8.36. The molecule has 5 heteroatoms. The number of thiocarbonyl (C=S) groups is 1. The molecule has 1 aromatic carbocycles. The maximum absolute atomic E-state index is 12.0. The van der Waals surface area contributed by atoms with E-state index < -0.39 is 9.84 Å². The molecule has 0 saturated carbocycles. The lowest BCUT2D eigenvalue weighted by Gasteiger charge is -2.12. The second kappa shape index (κ2) is 6.29. The maximum Gasteiger partial charge on any atom is 0.178 e. The Hall–Kier alpha value is -0.940. The van der Waals surface area contributed by atoms with Crippen LogP contribution in [-0.4, -0.2) is 19.2 Å². The highest BCUT2D eigenvalue weighted by atomic mass is 32.2. The lowest BCUT2D eigenvalue weighted by Crippen LogP contribution is -2.12. The van der Waals surface area contributed by atoms with Crippen molar-refractivity contribution in [1.82, 2.24) is 0 Å². The van der Waals surface area contributed by atoms with Gasteiger partial charge in [-0.15, -0.1) is 0 Å². The number of nitrogens with two attached hydrogens (primary N) is 1. The second-order valence-electron chi connectivity index (χ2n) is 4.46. The summed E-state index contributed by atoms with van der Waals surface area (Å²) in [5.41, 5.74) is 6.47. The van der Waals surface area contributed by atoms with Gasteiger partial charge in [0.2, 0.25) is 0 Å². The molecule has 1 atom stereocenters. The number of hydrogen-bond donors (Lipinski definition) is 1. The minimum atomic E-state index is -3.16. The fraction of sp³-hybridized carbons (Fsp3) is 0.462. The number of sulfone groups is 1. The number of rotatable bonds is 6. The highest BCUT2D eigenvalue weighted by Crippen LogP contribution is 2.22. The fourth-order valence-corrected chi connectivity index (χ4v) is 3.45. The molecule has 1 rings (SSSR count). The molecule has 0 bridgehead atoms. The highest BCUT2D eigenvalue weighted by Gasteiger charge is 2.15. The van der Waals surface area contributed by atoms with Gasteiger partial charge in [-0.05, 0) is 30.0 Å². The zero-order valence-electron chi connectivity index (χ0n) is 10.7. The van der Waals surface area contributed by atoms with Gasteiger partial charge in [0.05, 0.1) is 15.6 Å². The smallest absolute Gasteiger partial charge is 0.178 e. The van der Waals surface area contributed by atoms with E-state index in [2.05, 4.69) is 0 Å². The Morgan fingerprint density at radius 3 is 2.67 bits per heavy atom. The summed E-state index contributed by atoms with van der Waals surface area (Å²) in [6, 6.07) is 7.05. The van der Waals surface area contributed by atoms with Crippen molar-refractivity contribution in [3.63, 3.8) is 0 Å². The monoisotopic (exact) mass is 285 g/mol. The molecule has 18 heavy (non-hydrogen) atoms. The Kier molecular flexibility index (Phi) is 5.28. The van der Waals surface area contributed by atoms with E-state index in [1.807, 2.05) is 19.9 Å². The van der Waals surface area contributed by atoms with Gasteiger partial charge >= 0.3 is 0 Å². The van der Waals surface area contributed by atoms with Crippen LogP contribution in [-0.2, 0) is 9.84 Å². The molecule has 1 aromatic rings. The Bertz CT molecular complexity index is 524. The molecule has 0 aliphatic heterocycles. The molecule has 0 aromatic heterocycles. The van der Waals surface area contributed by atoms with Crippen LogP contribution in [0.5, 0.6) is 0 Å². The molecule has 2 N–H and O–H groups in total. The molecule has 0 fully saturated rings. The largest absolute Gasteiger partial charge is 0.393 e. The quantitative estimate of drug-likeness (QED) is 0.816. The molecule has 1 unspecified atom stereocenters. The molecule has 0 saturated heterocycles. The molecule has 0 aliphatic rings. The van der Waals surface area contributed by atoms with Gasteiger partial charge in [0.15, 0.2) is 9.84 Å². The Morgan fingerprint density at radius 2 is 2.11 bits per heavy atom. The molecular weight excluding hydrogens is 266 g/mol. The normalized spacial score (nSPS) is 13.2. The predicted octanol–water partition coefficient (Wildman–Crippen LogP) is 2.65. The van der Waals surface area contributed by atoms with E-state index >= 15 is 0 Å². The van der Waals surface area contributed by atoms with Crippen LogP contribution in [0.1, 0.15) is 38.2 Å². The molecule has 0 radical (unpaired) electrons. The van der Waals surface area contributed by atoms with E-state index in [1.165, 1.54) is 0 Å². The summed E-state index contributed by atoms with van der Waals surface area (Å²) < 4.78 is 24.0. The molecule has 100 valence electrons. The van der Waals surface area contributed by atoms with Gasteiger partial charge in [-0.3, -0.25) is 0 Å². The van der Waals surface area contributed by atoms with Crippen LogP contribution < -0.4 is 5.73 Å². The van der Waals surface area contributed by atoms with Crippen molar-refractivity contribution < 1.29 is 8.42 Å². The van der Waals surface area contributed by atoms with Crippen molar-refractivity contribution in [3.05, 3.63) is 29.8 Å². The SMILES string of the molecule is CCCS(=O)(=O)c1cccc(C(C)CC(N)=S)c1. The van der Waals surface area contributed by atoms with Crippen molar-refractivity contribution in [2.75, 3.05) is 5.75 Å². The van der Waals surface area contributed by atoms with E-state index in [1.54, 1.807) is 18.2 Å².